The van der Waals surface area contributed by atoms with E-state index in [2.05, 4.69) is 10.3 Å². The van der Waals surface area contributed by atoms with Crippen molar-refractivity contribution in [1.82, 2.24) is 4.98 Å². The van der Waals surface area contributed by atoms with Gasteiger partial charge in [-0.3, -0.25) is 4.79 Å². The quantitative estimate of drug-likeness (QED) is 0.535. The first-order valence-corrected chi connectivity index (χ1v) is 6.85. The Morgan fingerprint density at radius 2 is 2.11 bits per heavy atom. The molecule has 1 aromatic heterocycles. The Kier molecular flexibility index (Phi) is 6.44. The zero-order chi connectivity index (χ0) is 14.3. The van der Waals surface area contributed by atoms with Crippen LogP contribution in [-0.2, 0) is 4.74 Å². The molecule has 1 rings (SSSR count). The van der Waals surface area contributed by atoms with Crippen LogP contribution in [0.4, 0.5) is 5.13 Å². The standard InChI is InChI=1S/C12H18N2O4S/c1-8(15)10-9(11(16)17)14-12(19-10)13-6-4-3-5-7-18-2/h3-7H2,1-2H3,(H,13,14)(H,16,17). The molecule has 0 saturated heterocycles. The number of carboxylic acid groups (broad SMARTS) is 1. The number of aromatic carboxylic acids is 1. The number of hydrogen-bond donors (Lipinski definition) is 2. The van der Waals surface area contributed by atoms with E-state index in [0.29, 0.717) is 11.7 Å². The molecule has 0 atom stereocenters. The molecule has 0 radical (unpaired) electrons. The SMILES string of the molecule is COCCCCCNc1nc(C(=O)O)c(C(C)=O)s1. The van der Waals surface area contributed by atoms with Gasteiger partial charge in [0.2, 0.25) is 0 Å². The number of unbranched alkanes of at least 4 members (excludes halogenated alkanes) is 2. The Morgan fingerprint density at radius 1 is 1.37 bits per heavy atom. The maximum Gasteiger partial charge on any atom is 0.356 e. The predicted octanol–water partition coefficient (Wildman–Crippen LogP) is 2.27. The number of carbonyl (C=O) groups excluding carboxylic acids is 1. The monoisotopic (exact) mass is 286 g/mol. The van der Waals surface area contributed by atoms with Crippen molar-refractivity contribution in [2.45, 2.75) is 26.2 Å². The highest BCUT2D eigenvalue weighted by Gasteiger charge is 2.20. The molecule has 0 fully saturated rings. The Hall–Kier alpha value is -1.47. The molecule has 1 aromatic rings. The zero-order valence-electron chi connectivity index (χ0n) is 11.1. The second-order valence-electron chi connectivity index (χ2n) is 4.04. The molecule has 0 spiro atoms. The van der Waals surface area contributed by atoms with Gasteiger partial charge >= 0.3 is 5.97 Å². The van der Waals surface area contributed by atoms with Crippen LogP contribution in [-0.4, -0.2) is 42.1 Å². The fourth-order valence-corrected chi connectivity index (χ4v) is 2.40. The normalized spacial score (nSPS) is 10.4. The number of methoxy groups -OCH3 is 1. The van der Waals surface area contributed by atoms with E-state index in [4.69, 9.17) is 9.84 Å². The summed E-state index contributed by atoms with van der Waals surface area (Å²) in [4.78, 5) is 26.4. The van der Waals surface area contributed by atoms with Crippen LogP contribution in [0.2, 0.25) is 0 Å². The van der Waals surface area contributed by atoms with Crippen molar-refractivity contribution in [3.05, 3.63) is 10.6 Å². The van der Waals surface area contributed by atoms with Crippen LogP contribution in [0.3, 0.4) is 0 Å². The number of anilines is 1. The van der Waals surface area contributed by atoms with Gasteiger partial charge in [0.15, 0.2) is 16.6 Å². The van der Waals surface area contributed by atoms with Crippen molar-refractivity contribution in [2.24, 2.45) is 0 Å². The molecule has 6 nitrogen and oxygen atoms in total. The molecule has 1 heterocycles. The van der Waals surface area contributed by atoms with Gasteiger partial charge < -0.3 is 15.2 Å². The molecule has 0 aliphatic carbocycles. The molecular weight excluding hydrogens is 268 g/mol. The Morgan fingerprint density at radius 3 is 2.63 bits per heavy atom. The lowest BCUT2D eigenvalue weighted by Crippen LogP contribution is -2.05. The molecule has 106 valence electrons. The van der Waals surface area contributed by atoms with Crippen molar-refractivity contribution in [1.29, 1.82) is 0 Å². The highest BCUT2D eigenvalue weighted by molar-refractivity contribution is 7.17. The van der Waals surface area contributed by atoms with E-state index in [0.717, 1.165) is 37.2 Å². The fourth-order valence-electron chi connectivity index (χ4n) is 1.52. The number of hydrogen-bond acceptors (Lipinski definition) is 6. The summed E-state index contributed by atoms with van der Waals surface area (Å²) >= 11 is 1.09. The molecule has 2 N–H and O–H groups in total. The molecule has 7 heteroatoms. The molecular formula is C12H18N2O4S. The number of carboxylic acids is 1. The summed E-state index contributed by atoms with van der Waals surface area (Å²) in [7, 11) is 1.67. The van der Waals surface area contributed by atoms with E-state index < -0.39 is 5.97 Å². The van der Waals surface area contributed by atoms with Crippen molar-refractivity contribution >= 4 is 28.2 Å². The van der Waals surface area contributed by atoms with Gasteiger partial charge in [-0.25, -0.2) is 9.78 Å². The van der Waals surface area contributed by atoms with Crippen LogP contribution >= 0.6 is 11.3 Å². The summed E-state index contributed by atoms with van der Waals surface area (Å²) in [6.45, 7) is 2.79. The van der Waals surface area contributed by atoms with Crippen molar-refractivity contribution < 1.29 is 19.4 Å². The van der Waals surface area contributed by atoms with Crippen molar-refractivity contribution in [3.8, 4) is 0 Å². The van der Waals surface area contributed by atoms with Crippen LogP contribution in [0, 0.1) is 0 Å². The minimum Gasteiger partial charge on any atom is -0.476 e. The number of rotatable bonds is 9. The molecule has 0 bridgehead atoms. The highest BCUT2D eigenvalue weighted by Crippen LogP contribution is 2.23. The lowest BCUT2D eigenvalue weighted by molar-refractivity contribution is 0.0687. The van der Waals surface area contributed by atoms with Crippen molar-refractivity contribution in [3.63, 3.8) is 0 Å². The smallest absolute Gasteiger partial charge is 0.356 e. The highest BCUT2D eigenvalue weighted by atomic mass is 32.1. The third kappa shape index (κ3) is 4.96. The van der Waals surface area contributed by atoms with Crippen LogP contribution in [0.1, 0.15) is 46.3 Å². The van der Waals surface area contributed by atoms with E-state index in [1.165, 1.54) is 6.92 Å². The van der Waals surface area contributed by atoms with Crippen molar-refractivity contribution in [2.75, 3.05) is 25.6 Å². The van der Waals surface area contributed by atoms with Crippen LogP contribution in [0.25, 0.3) is 0 Å². The Bertz CT molecular complexity index is 413. The first kappa shape index (κ1) is 15.6. The molecule has 0 aromatic carbocycles. The third-order valence-electron chi connectivity index (χ3n) is 2.45. The number of nitrogens with one attached hydrogen (secondary N) is 1. The van der Waals surface area contributed by atoms with E-state index in [9.17, 15) is 9.59 Å². The van der Waals surface area contributed by atoms with Gasteiger partial charge in [-0.15, -0.1) is 0 Å². The summed E-state index contributed by atoms with van der Waals surface area (Å²) in [5.74, 6) is -1.45. The van der Waals surface area contributed by atoms with Gasteiger partial charge in [-0.05, 0) is 19.3 Å². The van der Waals surface area contributed by atoms with Gasteiger partial charge in [-0.1, -0.05) is 11.3 Å². The summed E-state index contributed by atoms with van der Waals surface area (Å²) in [6, 6.07) is 0. The predicted molar refractivity (Wildman–Crippen MR) is 73.3 cm³/mol. The van der Waals surface area contributed by atoms with Gasteiger partial charge in [0, 0.05) is 27.2 Å². The van der Waals surface area contributed by atoms with Gasteiger partial charge in [0.05, 0.1) is 0 Å². The molecule has 0 unspecified atom stereocenters. The minimum atomic E-state index is -1.17. The third-order valence-corrected chi connectivity index (χ3v) is 3.56. The van der Waals surface area contributed by atoms with E-state index >= 15 is 0 Å². The van der Waals surface area contributed by atoms with E-state index in [1.54, 1.807) is 7.11 Å². The maximum absolute atomic E-state index is 11.3. The number of thiazole rings is 1. The van der Waals surface area contributed by atoms with E-state index in [1.807, 2.05) is 0 Å². The summed E-state index contributed by atoms with van der Waals surface area (Å²) in [5, 5.41) is 12.5. The average Bonchev–Trinajstić information content (AvgIpc) is 2.78. The van der Waals surface area contributed by atoms with Crippen LogP contribution < -0.4 is 5.32 Å². The number of nitrogens with zero attached hydrogens (tertiary/aromatic N) is 1. The first-order valence-electron chi connectivity index (χ1n) is 6.04. The van der Waals surface area contributed by atoms with E-state index in [-0.39, 0.29) is 16.4 Å². The van der Waals surface area contributed by atoms with Crippen LogP contribution in [0.15, 0.2) is 0 Å². The van der Waals surface area contributed by atoms with Crippen LogP contribution in [0.5, 0.6) is 0 Å². The maximum atomic E-state index is 11.3. The van der Waals surface area contributed by atoms with Gasteiger partial charge in [0.25, 0.3) is 0 Å². The molecule has 0 aliphatic rings. The Labute approximate surface area is 115 Å². The summed E-state index contributed by atoms with van der Waals surface area (Å²) < 4.78 is 4.94. The molecule has 0 saturated carbocycles. The summed E-state index contributed by atoms with van der Waals surface area (Å²) in [6.07, 6.45) is 2.97. The number of carbonyl (C=O) groups is 2. The Balaban J connectivity index is 2.48. The van der Waals surface area contributed by atoms with Gasteiger partial charge in [0.1, 0.15) is 4.88 Å². The topological polar surface area (TPSA) is 88.5 Å². The average molecular weight is 286 g/mol. The number of Topliss-reactive ketones (excluding diaryl/α,β-unsaturated/α-hetero) is 1. The lowest BCUT2D eigenvalue weighted by Gasteiger charge is -2.02. The number of aromatic nitrogens is 1. The molecule has 0 amide bonds. The number of ether oxygens (including phenoxy) is 1. The molecule has 0 aliphatic heterocycles. The van der Waals surface area contributed by atoms with Gasteiger partial charge in [-0.2, -0.15) is 0 Å². The zero-order valence-corrected chi connectivity index (χ0v) is 11.9. The number of ketones is 1. The fraction of sp³-hybridized carbons (Fsp3) is 0.583. The largest absolute Gasteiger partial charge is 0.476 e. The minimum absolute atomic E-state index is 0.167. The summed E-state index contributed by atoms with van der Waals surface area (Å²) in [5.41, 5.74) is -0.167. The molecule has 19 heavy (non-hydrogen) atoms. The second-order valence-corrected chi connectivity index (χ2v) is 5.04. The lowest BCUT2D eigenvalue weighted by atomic mass is 10.2. The first-order chi connectivity index (χ1) is 9.06. The second kappa shape index (κ2) is 7.85.